The SMILES string of the molecule is Cc1cc(CNC(=O)Nc2cc(C(F)(F)F)ccc2-n2ccnc2)ccc1Oc1ccnc(C(=O)O)c1. The number of aryl methyl sites for hydroxylation is 1. The minimum absolute atomic E-state index is 0.0386. The molecule has 0 bridgehead atoms. The van der Waals surface area contributed by atoms with Crippen LogP contribution in [0.3, 0.4) is 0 Å². The van der Waals surface area contributed by atoms with Gasteiger partial charge in [-0.05, 0) is 48.4 Å². The van der Waals surface area contributed by atoms with E-state index in [1.54, 1.807) is 31.3 Å². The summed E-state index contributed by atoms with van der Waals surface area (Å²) in [7, 11) is 0. The molecule has 0 saturated heterocycles. The van der Waals surface area contributed by atoms with Crippen LogP contribution in [0.5, 0.6) is 11.5 Å². The van der Waals surface area contributed by atoms with Crippen molar-refractivity contribution in [3.8, 4) is 17.2 Å². The van der Waals surface area contributed by atoms with Gasteiger partial charge in [-0.3, -0.25) is 0 Å². The average Bonchev–Trinajstić information content (AvgIpc) is 3.39. The predicted molar refractivity (Wildman–Crippen MR) is 127 cm³/mol. The van der Waals surface area contributed by atoms with Gasteiger partial charge in [-0.1, -0.05) is 12.1 Å². The molecule has 0 saturated carbocycles. The summed E-state index contributed by atoms with van der Waals surface area (Å²) < 4.78 is 46.9. The van der Waals surface area contributed by atoms with E-state index < -0.39 is 23.7 Å². The normalized spacial score (nSPS) is 11.1. The van der Waals surface area contributed by atoms with E-state index in [2.05, 4.69) is 20.6 Å². The summed E-state index contributed by atoms with van der Waals surface area (Å²) >= 11 is 0. The molecule has 37 heavy (non-hydrogen) atoms. The van der Waals surface area contributed by atoms with Gasteiger partial charge in [0.25, 0.3) is 0 Å². The number of amides is 2. The number of nitrogens with zero attached hydrogens (tertiary/aromatic N) is 3. The van der Waals surface area contributed by atoms with Crippen molar-refractivity contribution >= 4 is 17.7 Å². The van der Waals surface area contributed by atoms with E-state index in [0.29, 0.717) is 28.3 Å². The van der Waals surface area contributed by atoms with Crippen molar-refractivity contribution in [2.24, 2.45) is 0 Å². The van der Waals surface area contributed by atoms with E-state index in [4.69, 9.17) is 9.84 Å². The van der Waals surface area contributed by atoms with Gasteiger partial charge in [-0.25, -0.2) is 19.6 Å². The molecule has 0 atom stereocenters. The van der Waals surface area contributed by atoms with Gasteiger partial charge in [-0.15, -0.1) is 0 Å². The quantitative estimate of drug-likeness (QED) is 0.306. The molecule has 0 fully saturated rings. The third-order valence-electron chi connectivity index (χ3n) is 5.23. The first-order chi connectivity index (χ1) is 17.6. The van der Waals surface area contributed by atoms with Crippen molar-refractivity contribution < 1.29 is 32.6 Å². The molecular formula is C25H20F3N5O4. The maximum atomic E-state index is 13.2. The molecule has 3 N–H and O–H groups in total. The second-order valence-corrected chi connectivity index (χ2v) is 7.89. The second kappa shape index (κ2) is 10.4. The highest BCUT2D eigenvalue weighted by molar-refractivity contribution is 5.91. The monoisotopic (exact) mass is 511 g/mol. The molecule has 4 aromatic rings. The van der Waals surface area contributed by atoms with Gasteiger partial charge in [0.05, 0.1) is 23.3 Å². The van der Waals surface area contributed by atoms with Crippen LogP contribution in [0.25, 0.3) is 5.69 Å². The fraction of sp³-hybridized carbons (Fsp3) is 0.120. The first kappa shape index (κ1) is 25.2. The van der Waals surface area contributed by atoms with Crippen LogP contribution in [0.1, 0.15) is 27.2 Å². The zero-order valence-electron chi connectivity index (χ0n) is 19.3. The van der Waals surface area contributed by atoms with Crippen molar-refractivity contribution in [2.45, 2.75) is 19.6 Å². The number of imidazole rings is 1. The number of benzene rings is 2. The second-order valence-electron chi connectivity index (χ2n) is 7.89. The number of carboxylic acid groups (broad SMARTS) is 1. The molecule has 0 radical (unpaired) electrons. The van der Waals surface area contributed by atoms with Gasteiger partial charge in [0.1, 0.15) is 11.5 Å². The van der Waals surface area contributed by atoms with E-state index in [1.807, 2.05) is 0 Å². The first-order valence-corrected chi connectivity index (χ1v) is 10.8. The standard InChI is InChI=1S/C25H20F3N5O4/c1-15-10-16(2-5-22(15)37-18-6-7-30-20(12-18)23(34)35)13-31-24(36)32-19-11-17(25(26,27)28)3-4-21(19)33-9-8-29-14-33/h2-12,14H,13H2,1H3,(H,34,35)(H2,31,32,36). The largest absolute Gasteiger partial charge is 0.477 e. The summed E-state index contributed by atoms with van der Waals surface area (Å²) in [4.78, 5) is 31.3. The Bertz CT molecular complexity index is 1440. The van der Waals surface area contributed by atoms with Crippen LogP contribution in [0, 0.1) is 6.92 Å². The Morgan fingerprint density at radius 1 is 1.08 bits per heavy atom. The Hall–Kier alpha value is -4.87. The summed E-state index contributed by atoms with van der Waals surface area (Å²) in [6.07, 6.45) is 1.18. The Morgan fingerprint density at radius 2 is 1.89 bits per heavy atom. The van der Waals surface area contributed by atoms with Crippen molar-refractivity contribution in [1.29, 1.82) is 0 Å². The summed E-state index contributed by atoms with van der Waals surface area (Å²) in [6, 6.07) is 10.3. The van der Waals surface area contributed by atoms with Crippen molar-refractivity contribution in [3.63, 3.8) is 0 Å². The van der Waals surface area contributed by atoms with Crippen molar-refractivity contribution in [2.75, 3.05) is 5.32 Å². The third-order valence-corrected chi connectivity index (χ3v) is 5.23. The lowest BCUT2D eigenvalue weighted by Crippen LogP contribution is -2.28. The van der Waals surface area contributed by atoms with E-state index >= 15 is 0 Å². The lowest BCUT2D eigenvalue weighted by Gasteiger charge is -2.16. The number of hydrogen-bond acceptors (Lipinski definition) is 5. The number of halogens is 3. The highest BCUT2D eigenvalue weighted by atomic mass is 19.4. The van der Waals surface area contributed by atoms with Gasteiger partial charge in [0.15, 0.2) is 5.69 Å². The number of aromatic nitrogens is 3. The van der Waals surface area contributed by atoms with Gasteiger partial charge in [0.2, 0.25) is 0 Å². The predicted octanol–water partition coefficient (Wildman–Crippen LogP) is 5.41. The van der Waals surface area contributed by atoms with E-state index in [0.717, 1.165) is 12.1 Å². The molecular weight excluding hydrogens is 491 g/mol. The number of nitrogens with one attached hydrogen (secondary N) is 2. The number of hydrogen-bond donors (Lipinski definition) is 3. The van der Waals surface area contributed by atoms with Gasteiger partial charge in [-0.2, -0.15) is 13.2 Å². The fourth-order valence-electron chi connectivity index (χ4n) is 3.44. The number of anilines is 1. The summed E-state index contributed by atoms with van der Waals surface area (Å²) in [5, 5.41) is 14.2. The zero-order chi connectivity index (χ0) is 26.6. The minimum Gasteiger partial charge on any atom is -0.477 e. The molecule has 0 aliphatic rings. The lowest BCUT2D eigenvalue weighted by molar-refractivity contribution is -0.137. The number of rotatable bonds is 7. The zero-order valence-corrected chi connectivity index (χ0v) is 19.3. The van der Waals surface area contributed by atoms with Crippen LogP contribution >= 0.6 is 0 Å². The van der Waals surface area contributed by atoms with Gasteiger partial charge < -0.3 is 25.0 Å². The molecule has 0 aliphatic heterocycles. The molecule has 190 valence electrons. The highest BCUT2D eigenvalue weighted by Gasteiger charge is 2.31. The Morgan fingerprint density at radius 3 is 2.57 bits per heavy atom. The number of pyridine rings is 1. The topological polar surface area (TPSA) is 118 Å². The van der Waals surface area contributed by atoms with Crippen LogP contribution in [-0.2, 0) is 12.7 Å². The first-order valence-electron chi connectivity index (χ1n) is 10.8. The van der Waals surface area contributed by atoms with E-state index in [-0.39, 0.29) is 17.9 Å². The van der Waals surface area contributed by atoms with E-state index in [1.165, 1.54) is 41.5 Å². The smallest absolute Gasteiger partial charge is 0.416 e. The van der Waals surface area contributed by atoms with Crippen LogP contribution in [0.15, 0.2) is 73.4 Å². The Kier molecular flexibility index (Phi) is 7.09. The molecule has 2 amide bonds. The summed E-state index contributed by atoms with van der Waals surface area (Å²) in [5.41, 5.74) is 0.651. The maximum absolute atomic E-state index is 13.2. The Labute approximate surface area is 208 Å². The number of carboxylic acids is 1. The molecule has 2 aromatic carbocycles. The number of ether oxygens (including phenoxy) is 1. The number of aromatic carboxylic acids is 1. The summed E-state index contributed by atoms with van der Waals surface area (Å²) in [6.45, 7) is 1.86. The molecule has 0 aliphatic carbocycles. The number of urea groups is 1. The molecule has 0 spiro atoms. The molecule has 0 unspecified atom stereocenters. The van der Waals surface area contributed by atoms with Crippen LogP contribution in [-0.4, -0.2) is 31.6 Å². The van der Waals surface area contributed by atoms with Crippen LogP contribution in [0.2, 0.25) is 0 Å². The van der Waals surface area contributed by atoms with Crippen molar-refractivity contribution in [1.82, 2.24) is 19.9 Å². The highest BCUT2D eigenvalue weighted by Crippen LogP contribution is 2.33. The number of alkyl halides is 3. The molecule has 12 heteroatoms. The molecule has 9 nitrogen and oxygen atoms in total. The maximum Gasteiger partial charge on any atom is 0.416 e. The number of carbonyl (C=O) groups excluding carboxylic acids is 1. The molecule has 2 aromatic heterocycles. The van der Waals surface area contributed by atoms with Gasteiger partial charge >= 0.3 is 18.2 Å². The Balaban J connectivity index is 1.43. The van der Waals surface area contributed by atoms with Crippen LogP contribution < -0.4 is 15.4 Å². The lowest BCUT2D eigenvalue weighted by atomic mass is 10.1. The minimum atomic E-state index is -4.58. The van der Waals surface area contributed by atoms with Gasteiger partial charge in [0, 0.05) is 31.2 Å². The average molecular weight is 511 g/mol. The van der Waals surface area contributed by atoms with Crippen LogP contribution in [0.4, 0.5) is 23.7 Å². The molecule has 2 heterocycles. The van der Waals surface area contributed by atoms with E-state index in [9.17, 15) is 22.8 Å². The van der Waals surface area contributed by atoms with Crippen molar-refractivity contribution in [3.05, 3.63) is 95.8 Å². The number of carbonyl (C=O) groups is 2. The fourth-order valence-corrected chi connectivity index (χ4v) is 3.44. The molecule has 4 rings (SSSR count). The summed E-state index contributed by atoms with van der Waals surface area (Å²) in [5.74, 6) is -0.399. The third kappa shape index (κ3) is 6.23.